The lowest BCUT2D eigenvalue weighted by Gasteiger charge is -2.32. The first-order valence-electron chi connectivity index (χ1n) is 9.25. The molecular formula is C22H27NO. The standard InChI is InChI=1S/C22H27NO/c1-3-23-15-21-19-12-10-18(24-2)14-17(19)9-11-20(21)22(23)13-16-7-5-4-6-8-16/h4-8,10,12,14,20-22H,3,9,11,13,15H2,1-2H3. The summed E-state index contributed by atoms with van der Waals surface area (Å²) < 4.78 is 5.42. The Morgan fingerprint density at radius 3 is 2.71 bits per heavy atom. The molecule has 2 aliphatic rings. The van der Waals surface area contributed by atoms with E-state index in [9.17, 15) is 0 Å². The van der Waals surface area contributed by atoms with Gasteiger partial charge in [0.2, 0.25) is 0 Å². The molecule has 1 heterocycles. The van der Waals surface area contributed by atoms with Gasteiger partial charge in [0, 0.05) is 18.5 Å². The van der Waals surface area contributed by atoms with Crippen LogP contribution in [0.5, 0.6) is 5.75 Å². The first kappa shape index (κ1) is 15.7. The van der Waals surface area contributed by atoms with Crippen LogP contribution in [0.4, 0.5) is 0 Å². The lowest BCUT2D eigenvalue weighted by Crippen LogP contribution is -2.35. The van der Waals surface area contributed by atoms with Gasteiger partial charge in [-0.15, -0.1) is 0 Å². The van der Waals surface area contributed by atoms with E-state index in [0.717, 1.165) is 18.2 Å². The molecule has 0 N–H and O–H groups in total. The maximum atomic E-state index is 5.42. The zero-order valence-electron chi connectivity index (χ0n) is 14.7. The van der Waals surface area contributed by atoms with Crippen molar-refractivity contribution in [3.8, 4) is 5.75 Å². The van der Waals surface area contributed by atoms with Crippen molar-refractivity contribution in [2.75, 3.05) is 20.2 Å². The quantitative estimate of drug-likeness (QED) is 0.833. The van der Waals surface area contributed by atoms with E-state index in [1.165, 1.54) is 36.9 Å². The predicted molar refractivity (Wildman–Crippen MR) is 98.7 cm³/mol. The van der Waals surface area contributed by atoms with Gasteiger partial charge in [-0.25, -0.2) is 0 Å². The Labute approximate surface area is 145 Å². The highest BCUT2D eigenvalue weighted by Gasteiger charge is 2.43. The van der Waals surface area contributed by atoms with Crippen LogP contribution in [0.2, 0.25) is 0 Å². The Morgan fingerprint density at radius 1 is 1.12 bits per heavy atom. The van der Waals surface area contributed by atoms with Crippen molar-refractivity contribution in [1.29, 1.82) is 0 Å². The van der Waals surface area contributed by atoms with Crippen LogP contribution in [0.15, 0.2) is 48.5 Å². The Hall–Kier alpha value is -1.80. The largest absolute Gasteiger partial charge is 0.497 e. The Kier molecular flexibility index (Phi) is 4.32. The summed E-state index contributed by atoms with van der Waals surface area (Å²) in [5.41, 5.74) is 4.55. The number of fused-ring (bicyclic) bond motifs is 3. The van der Waals surface area contributed by atoms with Crippen molar-refractivity contribution < 1.29 is 4.74 Å². The van der Waals surface area contributed by atoms with Crippen molar-refractivity contribution >= 4 is 0 Å². The number of methoxy groups -OCH3 is 1. The molecule has 126 valence electrons. The van der Waals surface area contributed by atoms with Crippen molar-refractivity contribution in [2.45, 2.75) is 38.1 Å². The molecular weight excluding hydrogens is 294 g/mol. The molecule has 1 fully saturated rings. The minimum Gasteiger partial charge on any atom is -0.497 e. The van der Waals surface area contributed by atoms with Crippen molar-refractivity contribution in [3.05, 3.63) is 65.2 Å². The van der Waals surface area contributed by atoms with Crippen molar-refractivity contribution in [1.82, 2.24) is 4.90 Å². The first-order valence-corrected chi connectivity index (χ1v) is 9.25. The molecule has 0 saturated carbocycles. The van der Waals surface area contributed by atoms with Gasteiger partial charge in [0.1, 0.15) is 5.75 Å². The fourth-order valence-electron chi connectivity index (χ4n) is 4.89. The number of benzene rings is 2. The molecule has 0 radical (unpaired) electrons. The molecule has 2 heteroatoms. The molecule has 1 saturated heterocycles. The van der Waals surface area contributed by atoms with Gasteiger partial charge in [0.25, 0.3) is 0 Å². The molecule has 2 aromatic rings. The van der Waals surface area contributed by atoms with Crippen LogP contribution in [0, 0.1) is 5.92 Å². The van der Waals surface area contributed by atoms with Gasteiger partial charge >= 0.3 is 0 Å². The topological polar surface area (TPSA) is 12.5 Å². The molecule has 0 bridgehead atoms. The number of ether oxygens (including phenoxy) is 1. The minimum absolute atomic E-state index is 0.678. The molecule has 24 heavy (non-hydrogen) atoms. The summed E-state index contributed by atoms with van der Waals surface area (Å²) in [5.74, 6) is 2.47. The Morgan fingerprint density at radius 2 is 1.96 bits per heavy atom. The lowest BCUT2D eigenvalue weighted by atomic mass is 9.73. The third-order valence-corrected chi connectivity index (χ3v) is 6.10. The van der Waals surface area contributed by atoms with Crippen molar-refractivity contribution in [2.24, 2.45) is 5.92 Å². The van der Waals surface area contributed by atoms with E-state index in [0.29, 0.717) is 12.0 Å². The highest BCUT2D eigenvalue weighted by atomic mass is 16.5. The van der Waals surface area contributed by atoms with Gasteiger partial charge < -0.3 is 4.74 Å². The highest BCUT2D eigenvalue weighted by Crippen LogP contribution is 2.46. The molecule has 1 aliphatic carbocycles. The molecule has 3 unspecified atom stereocenters. The fraction of sp³-hybridized carbons (Fsp3) is 0.455. The minimum atomic E-state index is 0.678. The zero-order chi connectivity index (χ0) is 16.5. The molecule has 2 aromatic carbocycles. The van der Waals surface area contributed by atoms with E-state index in [-0.39, 0.29) is 0 Å². The summed E-state index contributed by atoms with van der Waals surface area (Å²) >= 11 is 0. The fourth-order valence-corrected chi connectivity index (χ4v) is 4.89. The third-order valence-electron chi connectivity index (χ3n) is 6.10. The van der Waals surface area contributed by atoms with E-state index >= 15 is 0 Å². The van der Waals surface area contributed by atoms with E-state index in [4.69, 9.17) is 4.74 Å². The third kappa shape index (κ3) is 2.73. The molecule has 4 rings (SSSR count). The lowest BCUT2D eigenvalue weighted by molar-refractivity contribution is 0.228. The zero-order valence-corrected chi connectivity index (χ0v) is 14.7. The average Bonchev–Trinajstić information content (AvgIpc) is 3.00. The Bertz CT molecular complexity index is 696. The second-order valence-electron chi connectivity index (χ2n) is 7.22. The van der Waals surface area contributed by atoms with Crippen LogP contribution in [0.3, 0.4) is 0 Å². The van der Waals surface area contributed by atoms with E-state index in [1.54, 1.807) is 12.7 Å². The number of aryl methyl sites for hydroxylation is 1. The second-order valence-corrected chi connectivity index (χ2v) is 7.22. The summed E-state index contributed by atoms with van der Waals surface area (Å²) in [4.78, 5) is 2.71. The number of hydrogen-bond donors (Lipinski definition) is 0. The van der Waals surface area contributed by atoms with Gasteiger partial charge in [0.05, 0.1) is 7.11 Å². The molecule has 0 amide bonds. The van der Waals surface area contributed by atoms with Crippen LogP contribution >= 0.6 is 0 Å². The summed E-state index contributed by atoms with van der Waals surface area (Å²) in [6.45, 7) is 4.66. The molecule has 1 aliphatic heterocycles. The second kappa shape index (κ2) is 6.60. The number of hydrogen-bond acceptors (Lipinski definition) is 2. The van der Waals surface area contributed by atoms with Crippen LogP contribution in [-0.4, -0.2) is 31.1 Å². The van der Waals surface area contributed by atoms with Crippen LogP contribution in [0.1, 0.15) is 36.0 Å². The van der Waals surface area contributed by atoms with E-state index in [2.05, 4.69) is 60.4 Å². The SMILES string of the molecule is CCN1CC2c3ccc(OC)cc3CCC2C1Cc1ccccc1. The monoisotopic (exact) mass is 321 g/mol. The van der Waals surface area contributed by atoms with Crippen LogP contribution in [0.25, 0.3) is 0 Å². The Balaban J connectivity index is 1.62. The van der Waals surface area contributed by atoms with Gasteiger partial charge in [-0.1, -0.05) is 43.3 Å². The van der Waals surface area contributed by atoms with Gasteiger partial charge in [0.15, 0.2) is 0 Å². The molecule has 2 nitrogen and oxygen atoms in total. The first-order chi connectivity index (χ1) is 11.8. The highest BCUT2D eigenvalue weighted by molar-refractivity contribution is 5.41. The average molecular weight is 321 g/mol. The number of likely N-dealkylation sites (N-methyl/N-ethyl adjacent to an activating group) is 1. The predicted octanol–water partition coefficient (Wildman–Crippen LogP) is 4.29. The van der Waals surface area contributed by atoms with Crippen LogP contribution < -0.4 is 4.74 Å². The number of nitrogens with zero attached hydrogens (tertiary/aromatic N) is 1. The maximum absolute atomic E-state index is 5.42. The number of likely N-dealkylation sites (tertiary alicyclic amines) is 1. The molecule has 0 spiro atoms. The molecule has 3 atom stereocenters. The summed E-state index contributed by atoms with van der Waals surface area (Å²) in [5, 5.41) is 0. The van der Waals surface area contributed by atoms with Gasteiger partial charge in [-0.3, -0.25) is 4.90 Å². The molecule has 0 aromatic heterocycles. The van der Waals surface area contributed by atoms with Crippen LogP contribution in [-0.2, 0) is 12.8 Å². The smallest absolute Gasteiger partial charge is 0.119 e. The normalized spacial score (nSPS) is 26.0. The van der Waals surface area contributed by atoms with E-state index < -0.39 is 0 Å². The number of rotatable bonds is 4. The summed E-state index contributed by atoms with van der Waals surface area (Å²) in [7, 11) is 1.76. The van der Waals surface area contributed by atoms with Crippen molar-refractivity contribution in [3.63, 3.8) is 0 Å². The summed E-state index contributed by atoms with van der Waals surface area (Å²) in [6.07, 6.45) is 3.68. The van der Waals surface area contributed by atoms with Gasteiger partial charge in [-0.05, 0) is 60.5 Å². The van der Waals surface area contributed by atoms with Gasteiger partial charge in [-0.2, -0.15) is 0 Å². The van der Waals surface area contributed by atoms with E-state index in [1.807, 2.05) is 0 Å². The maximum Gasteiger partial charge on any atom is 0.119 e. The summed E-state index contributed by atoms with van der Waals surface area (Å²) in [6, 6.07) is 18.4.